The minimum Gasteiger partial charge on any atom is -0.384 e. The third-order valence-electron chi connectivity index (χ3n) is 3.71. The van der Waals surface area contributed by atoms with Gasteiger partial charge in [0, 0.05) is 24.5 Å². The van der Waals surface area contributed by atoms with Crippen LogP contribution in [-0.4, -0.2) is 23.3 Å². The maximum atomic E-state index is 13.1. The maximum Gasteiger partial charge on any atom is 0.263 e. The molecule has 0 radical (unpaired) electrons. The molecule has 0 saturated carbocycles. The highest BCUT2D eigenvalue weighted by Crippen LogP contribution is 2.31. The minimum absolute atomic E-state index is 0.152. The van der Waals surface area contributed by atoms with E-state index in [0.717, 1.165) is 11.1 Å². The SMILES string of the molecule is C#CCn1c(CCOC)nc2scc(-c3ccc(F)cc3)c2c1=O. The van der Waals surface area contributed by atoms with Crippen molar-refractivity contribution < 1.29 is 9.13 Å². The molecule has 3 rings (SSSR count). The Bertz CT molecular complexity index is 968. The summed E-state index contributed by atoms with van der Waals surface area (Å²) in [7, 11) is 1.60. The Hall–Kier alpha value is -2.49. The molecule has 122 valence electrons. The second-order valence-corrected chi connectivity index (χ2v) is 6.06. The Balaban J connectivity index is 2.21. The Morgan fingerprint density at radius 3 is 2.79 bits per heavy atom. The molecule has 0 unspecified atom stereocenters. The zero-order valence-electron chi connectivity index (χ0n) is 13.1. The normalized spacial score (nSPS) is 10.9. The lowest BCUT2D eigenvalue weighted by atomic mass is 10.1. The number of fused-ring (bicyclic) bond motifs is 1. The average Bonchev–Trinajstić information content (AvgIpc) is 3.00. The number of hydrogen-bond donors (Lipinski definition) is 0. The second kappa shape index (κ2) is 6.95. The van der Waals surface area contributed by atoms with Gasteiger partial charge in [0.05, 0.1) is 18.5 Å². The van der Waals surface area contributed by atoms with Gasteiger partial charge >= 0.3 is 0 Å². The number of thiophene rings is 1. The number of ether oxygens (including phenoxy) is 1. The third-order valence-corrected chi connectivity index (χ3v) is 4.58. The molecule has 4 nitrogen and oxygen atoms in total. The van der Waals surface area contributed by atoms with Crippen LogP contribution in [0.4, 0.5) is 4.39 Å². The molecule has 0 atom stereocenters. The van der Waals surface area contributed by atoms with Gasteiger partial charge in [-0.2, -0.15) is 0 Å². The van der Waals surface area contributed by atoms with Crippen LogP contribution in [-0.2, 0) is 17.7 Å². The first-order valence-electron chi connectivity index (χ1n) is 7.35. The number of rotatable bonds is 5. The summed E-state index contributed by atoms with van der Waals surface area (Å²) in [5, 5.41) is 2.38. The Morgan fingerprint density at radius 1 is 1.38 bits per heavy atom. The van der Waals surface area contributed by atoms with Gasteiger partial charge in [0.1, 0.15) is 16.5 Å². The van der Waals surface area contributed by atoms with Gasteiger partial charge in [-0.15, -0.1) is 17.8 Å². The maximum absolute atomic E-state index is 13.1. The summed E-state index contributed by atoms with van der Waals surface area (Å²) in [5.74, 6) is 2.80. The number of hydrogen-bond acceptors (Lipinski definition) is 4. The molecule has 0 spiro atoms. The Labute approximate surface area is 142 Å². The number of methoxy groups -OCH3 is 1. The van der Waals surface area contributed by atoms with Crippen molar-refractivity contribution in [1.29, 1.82) is 0 Å². The smallest absolute Gasteiger partial charge is 0.263 e. The molecule has 24 heavy (non-hydrogen) atoms. The van der Waals surface area contributed by atoms with Gasteiger partial charge in [0.25, 0.3) is 5.56 Å². The van der Waals surface area contributed by atoms with Gasteiger partial charge in [0.2, 0.25) is 0 Å². The summed E-state index contributed by atoms with van der Waals surface area (Å²) in [6.45, 7) is 0.609. The highest BCUT2D eigenvalue weighted by atomic mass is 32.1. The van der Waals surface area contributed by atoms with Crippen molar-refractivity contribution >= 4 is 21.6 Å². The van der Waals surface area contributed by atoms with Crippen LogP contribution in [0.5, 0.6) is 0 Å². The van der Waals surface area contributed by atoms with Crippen molar-refractivity contribution in [3.05, 3.63) is 51.6 Å². The topological polar surface area (TPSA) is 44.1 Å². The van der Waals surface area contributed by atoms with Crippen molar-refractivity contribution in [1.82, 2.24) is 9.55 Å². The summed E-state index contributed by atoms with van der Waals surface area (Å²) in [6.07, 6.45) is 5.91. The van der Waals surface area contributed by atoms with Gasteiger partial charge in [-0.3, -0.25) is 9.36 Å². The lowest BCUT2D eigenvalue weighted by Crippen LogP contribution is -2.25. The summed E-state index contributed by atoms with van der Waals surface area (Å²) in [5.41, 5.74) is 1.35. The lowest BCUT2D eigenvalue weighted by molar-refractivity contribution is 0.199. The van der Waals surface area contributed by atoms with Crippen molar-refractivity contribution in [2.75, 3.05) is 13.7 Å². The van der Waals surface area contributed by atoms with Crippen molar-refractivity contribution in [3.63, 3.8) is 0 Å². The molecule has 0 bridgehead atoms. The number of halogens is 1. The van der Waals surface area contributed by atoms with Crippen molar-refractivity contribution in [3.8, 4) is 23.5 Å². The quantitative estimate of drug-likeness (QED) is 0.669. The fraction of sp³-hybridized carbons (Fsp3) is 0.222. The van der Waals surface area contributed by atoms with E-state index in [-0.39, 0.29) is 17.9 Å². The highest BCUT2D eigenvalue weighted by Gasteiger charge is 2.16. The monoisotopic (exact) mass is 342 g/mol. The molecule has 0 aliphatic rings. The largest absolute Gasteiger partial charge is 0.384 e. The van der Waals surface area contributed by atoms with Crippen molar-refractivity contribution in [2.24, 2.45) is 0 Å². The zero-order valence-corrected chi connectivity index (χ0v) is 13.9. The van der Waals surface area contributed by atoms with Crippen LogP contribution < -0.4 is 5.56 Å². The summed E-state index contributed by atoms with van der Waals surface area (Å²) in [6, 6.07) is 6.06. The van der Waals surface area contributed by atoms with Gasteiger partial charge < -0.3 is 4.74 Å². The lowest BCUT2D eigenvalue weighted by Gasteiger charge is -2.10. The van der Waals surface area contributed by atoms with Crippen LogP contribution in [0.25, 0.3) is 21.3 Å². The zero-order chi connectivity index (χ0) is 17.1. The first-order chi connectivity index (χ1) is 11.7. The van der Waals surface area contributed by atoms with Gasteiger partial charge in [-0.05, 0) is 17.7 Å². The molecule has 0 fully saturated rings. The molecule has 0 saturated heterocycles. The first-order valence-corrected chi connectivity index (χ1v) is 8.23. The molecule has 0 aliphatic heterocycles. The molecular weight excluding hydrogens is 327 g/mol. The van der Waals surface area contributed by atoms with Gasteiger partial charge in [-0.25, -0.2) is 9.37 Å². The van der Waals surface area contributed by atoms with E-state index in [1.54, 1.807) is 19.2 Å². The van der Waals surface area contributed by atoms with E-state index < -0.39 is 0 Å². The van der Waals surface area contributed by atoms with E-state index in [4.69, 9.17) is 11.2 Å². The van der Waals surface area contributed by atoms with Gasteiger partial charge in [-0.1, -0.05) is 18.1 Å². The fourth-order valence-corrected chi connectivity index (χ4v) is 3.50. The molecule has 0 N–H and O–H groups in total. The summed E-state index contributed by atoms with van der Waals surface area (Å²) in [4.78, 5) is 18.2. The van der Waals surface area contributed by atoms with Crippen LogP contribution in [0.1, 0.15) is 5.82 Å². The summed E-state index contributed by atoms with van der Waals surface area (Å²) >= 11 is 1.39. The predicted octanol–water partition coefficient (Wildman–Crippen LogP) is 3.09. The van der Waals surface area contributed by atoms with Gasteiger partial charge in [0.15, 0.2) is 0 Å². The van der Waals surface area contributed by atoms with E-state index in [1.165, 1.54) is 28.0 Å². The standard InChI is InChI=1S/C18H15FN2O2S/c1-3-9-21-15(8-10-23-2)20-17-16(18(21)22)14(11-24-17)12-4-6-13(19)7-5-12/h1,4-7,11H,8-10H2,2H3. The summed E-state index contributed by atoms with van der Waals surface area (Å²) < 4.78 is 19.7. The van der Waals surface area contributed by atoms with E-state index in [2.05, 4.69) is 10.9 Å². The van der Waals surface area contributed by atoms with E-state index in [1.807, 2.05) is 5.38 Å². The van der Waals surface area contributed by atoms with Crippen LogP contribution in [0.15, 0.2) is 34.4 Å². The fourth-order valence-electron chi connectivity index (χ4n) is 2.55. The van der Waals surface area contributed by atoms with E-state index in [9.17, 15) is 9.18 Å². The predicted molar refractivity (Wildman–Crippen MR) is 93.7 cm³/mol. The first kappa shape index (κ1) is 16.4. The molecule has 1 aromatic carbocycles. The molecular formula is C18H15FN2O2S. The van der Waals surface area contributed by atoms with Crippen molar-refractivity contribution in [2.45, 2.75) is 13.0 Å². The van der Waals surface area contributed by atoms with Crippen LogP contribution in [0.3, 0.4) is 0 Å². The molecule has 6 heteroatoms. The van der Waals surface area contributed by atoms with E-state index in [0.29, 0.717) is 29.1 Å². The number of aromatic nitrogens is 2. The molecule has 3 aromatic rings. The van der Waals surface area contributed by atoms with Crippen LogP contribution in [0.2, 0.25) is 0 Å². The molecule has 0 aliphatic carbocycles. The Kier molecular flexibility index (Phi) is 4.74. The number of terminal acetylenes is 1. The molecule has 2 aromatic heterocycles. The number of nitrogens with zero attached hydrogens (tertiary/aromatic N) is 2. The number of benzene rings is 1. The molecule has 0 amide bonds. The third kappa shape index (κ3) is 2.96. The average molecular weight is 342 g/mol. The minimum atomic E-state index is -0.317. The molecule has 2 heterocycles. The van der Waals surface area contributed by atoms with Crippen LogP contribution >= 0.6 is 11.3 Å². The Morgan fingerprint density at radius 2 is 2.12 bits per heavy atom. The highest BCUT2D eigenvalue weighted by molar-refractivity contribution is 7.17. The van der Waals surface area contributed by atoms with Crippen LogP contribution in [0, 0.1) is 18.2 Å². The van der Waals surface area contributed by atoms with E-state index >= 15 is 0 Å². The second-order valence-electron chi connectivity index (χ2n) is 5.20.